The van der Waals surface area contributed by atoms with Crippen molar-refractivity contribution in [2.24, 2.45) is 0 Å². The average molecular weight is 479 g/mol. The second-order valence-corrected chi connectivity index (χ2v) is 7.73. The number of nitrogens with one attached hydrogen (secondary N) is 1. The zero-order valence-corrected chi connectivity index (χ0v) is 19.5. The van der Waals surface area contributed by atoms with Crippen LogP contribution < -0.4 is 24.4 Å². The standard InChI is InChI=1S/C25H25N3O7/c1-32-18-8-6-17(7-9-18)28-24(30)22(27(25(28)31)15-19-5-4-10-35-19)14-23(29)26-16-11-20(33-2)13-21(12-16)34-3/h4-13,22H,14-15H2,1-3H3,(H,26,29)/t22-/m1/s1. The molecule has 1 aliphatic rings. The third-order valence-corrected chi connectivity index (χ3v) is 5.57. The number of urea groups is 1. The van der Waals surface area contributed by atoms with Crippen molar-refractivity contribution < 1.29 is 33.0 Å². The van der Waals surface area contributed by atoms with Crippen molar-refractivity contribution in [1.29, 1.82) is 0 Å². The van der Waals surface area contributed by atoms with Crippen molar-refractivity contribution in [2.75, 3.05) is 31.5 Å². The van der Waals surface area contributed by atoms with E-state index in [1.807, 2.05) is 0 Å². The number of hydrogen-bond acceptors (Lipinski definition) is 7. The molecule has 0 radical (unpaired) electrons. The number of hydrogen-bond donors (Lipinski definition) is 1. The second kappa shape index (κ2) is 10.2. The van der Waals surface area contributed by atoms with Gasteiger partial charge in [0, 0.05) is 23.9 Å². The molecule has 1 saturated heterocycles. The number of amides is 4. The average Bonchev–Trinajstić information content (AvgIpc) is 3.46. The monoisotopic (exact) mass is 479 g/mol. The molecule has 1 atom stereocenters. The first kappa shape index (κ1) is 23.7. The number of ether oxygens (including phenoxy) is 3. The summed E-state index contributed by atoms with van der Waals surface area (Å²) in [4.78, 5) is 42.0. The first-order valence-electron chi connectivity index (χ1n) is 10.8. The van der Waals surface area contributed by atoms with E-state index in [0.29, 0.717) is 34.4 Å². The maximum Gasteiger partial charge on any atom is 0.332 e. The van der Waals surface area contributed by atoms with Crippen LogP contribution in [0.1, 0.15) is 12.2 Å². The van der Waals surface area contributed by atoms with Crippen LogP contribution in [0.4, 0.5) is 16.2 Å². The van der Waals surface area contributed by atoms with Gasteiger partial charge in [0.05, 0.1) is 46.2 Å². The Morgan fingerprint density at radius 3 is 2.17 bits per heavy atom. The molecule has 35 heavy (non-hydrogen) atoms. The highest BCUT2D eigenvalue weighted by atomic mass is 16.5. The summed E-state index contributed by atoms with van der Waals surface area (Å²) in [6.07, 6.45) is 1.23. The molecule has 182 valence electrons. The highest BCUT2D eigenvalue weighted by Gasteiger charge is 2.47. The van der Waals surface area contributed by atoms with Gasteiger partial charge in [-0.25, -0.2) is 9.69 Å². The Bertz CT molecular complexity index is 1190. The molecule has 0 saturated carbocycles. The fourth-order valence-electron chi connectivity index (χ4n) is 3.82. The van der Waals surface area contributed by atoms with Gasteiger partial charge >= 0.3 is 6.03 Å². The van der Waals surface area contributed by atoms with E-state index in [0.717, 1.165) is 4.90 Å². The molecule has 1 fully saturated rings. The molecule has 0 unspecified atom stereocenters. The minimum Gasteiger partial charge on any atom is -0.497 e. The number of carbonyl (C=O) groups excluding carboxylic acids is 3. The van der Waals surface area contributed by atoms with Crippen molar-refractivity contribution >= 4 is 29.2 Å². The lowest BCUT2D eigenvalue weighted by Crippen LogP contribution is -2.37. The SMILES string of the molecule is COc1ccc(N2C(=O)[C@@H](CC(=O)Nc3cc(OC)cc(OC)c3)N(Cc3ccco3)C2=O)cc1. The van der Waals surface area contributed by atoms with Crippen LogP contribution in [0.15, 0.2) is 65.3 Å². The van der Waals surface area contributed by atoms with E-state index in [2.05, 4.69) is 5.32 Å². The number of anilines is 2. The molecule has 10 heteroatoms. The molecule has 2 heterocycles. The van der Waals surface area contributed by atoms with Crippen molar-refractivity contribution in [3.63, 3.8) is 0 Å². The Morgan fingerprint density at radius 2 is 1.60 bits per heavy atom. The quantitative estimate of drug-likeness (QED) is 0.466. The van der Waals surface area contributed by atoms with Crippen molar-refractivity contribution in [2.45, 2.75) is 19.0 Å². The Labute approximate surface area is 202 Å². The van der Waals surface area contributed by atoms with E-state index in [1.165, 1.54) is 32.5 Å². The predicted molar refractivity (Wildman–Crippen MR) is 127 cm³/mol. The zero-order valence-electron chi connectivity index (χ0n) is 19.5. The topological polar surface area (TPSA) is 111 Å². The molecule has 2 aromatic carbocycles. The summed E-state index contributed by atoms with van der Waals surface area (Å²) in [7, 11) is 4.53. The van der Waals surface area contributed by atoms with Crippen molar-refractivity contribution in [3.05, 3.63) is 66.6 Å². The summed E-state index contributed by atoms with van der Waals surface area (Å²) in [5, 5.41) is 2.76. The summed E-state index contributed by atoms with van der Waals surface area (Å²) in [5.74, 6) is 1.11. The van der Waals surface area contributed by atoms with Crippen LogP contribution in [0, 0.1) is 0 Å². The maximum absolute atomic E-state index is 13.4. The maximum atomic E-state index is 13.4. The molecule has 1 N–H and O–H groups in total. The highest BCUT2D eigenvalue weighted by molar-refractivity contribution is 6.22. The molecule has 0 aliphatic carbocycles. The molecular formula is C25H25N3O7. The van der Waals surface area contributed by atoms with Gasteiger partial charge in [0.15, 0.2) is 0 Å². The molecule has 10 nitrogen and oxygen atoms in total. The molecule has 1 aromatic heterocycles. The fraction of sp³-hybridized carbons (Fsp3) is 0.240. The molecule has 3 aromatic rings. The van der Waals surface area contributed by atoms with Gasteiger partial charge in [0.25, 0.3) is 5.91 Å². The van der Waals surface area contributed by atoms with Crippen LogP contribution in [0.5, 0.6) is 17.2 Å². The van der Waals surface area contributed by atoms with E-state index >= 15 is 0 Å². The number of imide groups is 1. The van der Waals surface area contributed by atoms with Gasteiger partial charge in [0.2, 0.25) is 5.91 Å². The number of benzene rings is 2. The normalized spacial score (nSPS) is 15.3. The van der Waals surface area contributed by atoms with E-state index in [1.54, 1.807) is 54.6 Å². The Kier molecular flexibility index (Phi) is 6.91. The van der Waals surface area contributed by atoms with Crippen LogP contribution in [-0.2, 0) is 16.1 Å². The van der Waals surface area contributed by atoms with E-state index in [9.17, 15) is 14.4 Å². The number of carbonyl (C=O) groups is 3. The lowest BCUT2D eigenvalue weighted by molar-refractivity contribution is -0.124. The summed E-state index contributed by atoms with van der Waals surface area (Å²) in [6.45, 7) is 0.0369. The molecule has 1 aliphatic heterocycles. The Balaban J connectivity index is 1.58. The van der Waals surface area contributed by atoms with Crippen LogP contribution >= 0.6 is 0 Å². The summed E-state index contributed by atoms with van der Waals surface area (Å²) >= 11 is 0. The van der Waals surface area contributed by atoms with Gasteiger partial charge in [0.1, 0.15) is 29.1 Å². The van der Waals surface area contributed by atoms with Gasteiger partial charge in [-0.2, -0.15) is 0 Å². The third-order valence-electron chi connectivity index (χ3n) is 5.57. The summed E-state index contributed by atoms with van der Waals surface area (Å²) in [5.41, 5.74) is 0.818. The Hall–Kier alpha value is -4.47. The van der Waals surface area contributed by atoms with Gasteiger partial charge in [-0.15, -0.1) is 0 Å². The molecule has 4 rings (SSSR count). The van der Waals surface area contributed by atoms with Crippen LogP contribution in [0.25, 0.3) is 0 Å². The van der Waals surface area contributed by atoms with Crippen LogP contribution in [0.2, 0.25) is 0 Å². The first-order valence-corrected chi connectivity index (χ1v) is 10.8. The highest BCUT2D eigenvalue weighted by Crippen LogP contribution is 2.31. The fourth-order valence-corrected chi connectivity index (χ4v) is 3.82. The summed E-state index contributed by atoms with van der Waals surface area (Å²) in [6, 6.07) is 13.3. The van der Waals surface area contributed by atoms with E-state index in [4.69, 9.17) is 18.6 Å². The minimum atomic E-state index is -1.03. The van der Waals surface area contributed by atoms with Gasteiger partial charge in [-0.05, 0) is 36.4 Å². The number of rotatable bonds is 9. The lowest BCUT2D eigenvalue weighted by Gasteiger charge is -2.20. The van der Waals surface area contributed by atoms with E-state index in [-0.39, 0.29) is 13.0 Å². The van der Waals surface area contributed by atoms with E-state index < -0.39 is 23.9 Å². The number of methoxy groups -OCH3 is 3. The first-order chi connectivity index (χ1) is 16.9. The number of nitrogens with zero attached hydrogens (tertiary/aromatic N) is 2. The molecule has 0 spiro atoms. The second-order valence-electron chi connectivity index (χ2n) is 7.73. The number of furan rings is 1. The van der Waals surface area contributed by atoms with Gasteiger partial charge in [-0.3, -0.25) is 9.59 Å². The van der Waals surface area contributed by atoms with Gasteiger partial charge < -0.3 is 28.8 Å². The van der Waals surface area contributed by atoms with Crippen LogP contribution in [-0.4, -0.2) is 50.1 Å². The molecule has 4 amide bonds. The van der Waals surface area contributed by atoms with Crippen LogP contribution in [0.3, 0.4) is 0 Å². The molecular weight excluding hydrogens is 454 g/mol. The lowest BCUT2D eigenvalue weighted by atomic mass is 10.1. The van der Waals surface area contributed by atoms with Gasteiger partial charge in [-0.1, -0.05) is 0 Å². The zero-order chi connectivity index (χ0) is 24.9. The predicted octanol–water partition coefficient (Wildman–Crippen LogP) is 3.67. The van der Waals surface area contributed by atoms with Crippen molar-refractivity contribution in [3.8, 4) is 17.2 Å². The smallest absolute Gasteiger partial charge is 0.332 e. The third kappa shape index (κ3) is 5.06. The minimum absolute atomic E-state index is 0.0369. The molecule has 0 bridgehead atoms. The summed E-state index contributed by atoms with van der Waals surface area (Å²) < 4.78 is 21.0. The largest absolute Gasteiger partial charge is 0.497 e. The van der Waals surface area contributed by atoms with Crippen molar-refractivity contribution in [1.82, 2.24) is 4.90 Å². The Morgan fingerprint density at radius 1 is 0.943 bits per heavy atom.